The number of aliphatic carboxylic acids is 1. The number of halogens is 1. The first-order chi connectivity index (χ1) is 10.0. The standard InChI is InChI=1S/C16H15BrO4/c1-11(18)21-16(9-5-4-8-14(16)15(19)20)13-7-3-2-6-12(13)10-17/h2-9,14H,10H2,1H3,(H,19,20). The van der Waals surface area contributed by atoms with E-state index < -0.39 is 23.5 Å². The average Bonchev–Trinajstić information content (AvgIpc) is 2.46. The molecule has 1 aromatic carbocycles. The SMILES string of the molecule is CC(=O)OC1(c2ccccc2CBr)C=CC=CC1C(=O)O. The minimum Gasteiger partial charge on any atom is -0.481 e. The molecule has 0 radical (unpaired) electrons. The fourth-order valence-corrected chi connectivity index (χ4v) is 3.04. The second-order valence-corrected chi connectivity index (χ2v) is 5.30. The third-order valence-electron chi connectivity index (χ3n) is 3.38. The van der Waals surface area contributed by atoms with E-state index in [1.807, 2.05) is 12.1 Å². The van der Waals surface area contributed by atoms with E-state index in [1.54, 1.807) is 30.4 Å². The van der Waals surface area contributed by atoms with Gasteiger partial charge in [0, 0.05) is 17.8 Å². The van der Waals surface area contributed by atoms with E-state index in [1.165, 1.54) is 13.0 Å². The van der Waals surface area contributed by atoms with Gasteiger partial charge in [-0.15, -0.1) is 0 Å². The number of carbonyl (C=O) groups excluding carboxylic acids is 1. The summed E-state index contributed by atoms with van der Waals surface area (Å²) in [5, 5.41) is 10.1. The van der Waals surface area contributed by atoms with Crippen molar-refractivity contribution >= 4 is 27.9 Å². The van der Waals surface area contributed by atoms with Crippen molar-refractivity contribution in [3.05, 3.63) is 59.7 Å². The van der Waals surface area contributed by atoms with Gasteiger partial charge in [0.2, 0.25) is 0 Å². The molecule has 0 aliphatic heterocycles. The number of hydrogen-bond donors (Lipinski definition) is 1. The van der Waals surface area contributed by atoms with E-state index in [2.05, 4.69) is 15.9 Å². The van der Waals surface area contributed by atoms with E-state index in [-0.39, 0.29) is 0 Å². The zero-order chi connectivity index (χ0) is 15.5. The molecule has 0 spiro atoms. The Morgan fingerprint density at radius 1 is 1.33 bits per heavy atom. The lowest BCUT2D eigenvalue weighted by Crippen LogP contribution is -2.42. The summed E-state index contributed by atoms with van der Waals surface area (Å²) in [6.45, 7) is 1.28. The second kappa shape index (κ2) is 6.26. The first kappa shape index (κ1) is 15.5. The summed E-state index contributed by atoms with van der Waals surface area (Å²) >= 11 is 3.39. The Hall–Kier alpha value is -1.88. The van der Waals surface area contributed by atoms with Gasteiger partial charge in [0.25, 0.3) is 0 Å². The molecule has 0 fully saturated rings. The molecule has 5 heteroatoms. The highest BCUT2D eigenvalue weighted by Crippen LogP contribution is 2.41. The second-order valence-electron chi connectivity index (χ2n) is 4.74. The van der Waals surface area contributed by atoms with Gasteiger partial charge in [0.05, 0.1) is 0 Å². The zero-order valence-electron chi connectivity index (χ0n) is 11.5. The Morgan fingerprint density at radius 2 is 2.05 bits per heavy atom. The molecule has 0 saturated carbocycles. The minimum absolute atomic E-state index is 0.523. The predicted molar refractivity (Wildman–Crippen MR) is 81.9 cm³/mol. The number of esters is 1. The van der Waals surface area contributed by atoms with Crippen LogP contribution in [0.4, 0.5) is 0 Å². The maximum atomic E-state index is 11.6. The van der Waals surface area contributed by atoms with Crippen LogP contribution in [-0.2, 0) is 25.3 Å². The Bertz CT molecular complexity index is 620. The molecule has 1 aromatic rings. The first-order valence-corrected chi connectivity index (χ1v) is 7.56. The molecule has 0 bridgehead atoms. The van der Waals surface area contributed by atoms with Crippen LogP contribution in [0.3, 0.4) is 0 Å². The van der Waals surface area contributed by atoms with E-state index in [0.717, 1.165) is 5.56 Å². The van der Waals surface area contributed by atoms with Crippen molar-refractivity contribution < 1.29 is 19.4 Å². The summed E-state index contributed by atoms with van der Waals surface area (Å²) in [5.41, 5.74) is 0.228. The molecule has 4 nitrogen and oxygen atoms in total. The van der Waals surface area contributed by atoms with Crippen LogP contribution in [0.15, 0.2) is 48.6 Å². The van der Waals surface area contributed by atoms with Crippen LogP contribution < -0.4 is 0 Å². The van der Waals surface area contributed by atoms with Crippen molar-refractivity contribution in [3.8, 4) is 0 Å². The summed E-state index contributed by atoms with van der Waals surface area (Å²) in [5.74, 6) is -2.53. The molecular formula is C16H15BrO4. The van der Waals surface area contributed by atoms with Crippen molar-refractivity contribution in [1.29, 1.82) is 0 Å². The van der Waals surface area contributed by atoms with Gasteiger partial charge in [-0.2, -0.15) is 0 Å². The minimum atomic E-state index is -1.32. The Kier molecular flexibility index (Phi) is 4.63. The van der Waals surface area contributed by atoms with Crippen molar-refractivity contribution in [2.24, 2.45) is 5.92 Å². The summed E-state index contributed by atoms with van der Waals surface area (Å²) in [4.78, 5) is 23.2. The molecule has 1 aliphatic rings. The molecule has 2 unspecified atom stereocenters. The maximum absolute atomic E-state index is 11.6. The van der Waals surface area contributed by atoms with Crippen molar-refractivity contribution in [3.63, 3.8) is 0 Å². The lowest BCUT2D eigenvalue weighted by atomic mass is 9.76. The molecule has 2 atom stereocenters. The van der Waals surface area contributed by atoms with Gasteiger partial charge in [-0.05, 0) is 11.6 Å². The third kappa shape index (κ3) is 2.93. The summed E-state index contributed by atoms with van der Waals surface area (Å²) < 4.78 is 5.50. The smallest absolute Gasteiger partial charge is 0.315 e. The Balaban J connectivity index is 2.66. The van der Waals surface area contributed by atoms with Crippen LogP contribution in [-0.4, -0.2) is 17.0 Å². The lowest BCUT2D eigenvalue weighted by molar-refractivity contribution is -0.164. The predicted octanol–water partition coefficient (Wildman–Crippen LogP) is 3.17. The quantitative estimate of drug-likeness (QED) is 0.669. The molecule has 0 saturated heterocycles. The number of benzene rings is 1. The fraction of sp³-hybridized carbons (Fsp3) is 0.250. The molecule has 1 aliphatic carbocycles. The molecule has 0 heterocycles. The van der Waals surface area contributed by atoms with Gasteiger partial charge < -0.3 is 9.84 Å². The van der Waals surface area contributed by atoms with Crippen LogP contribution >= 0.6 is 15.9 Å². The number of hydrogen-bond acceptors (Lipinski definition) is 3. The highest BCUT2D eigenvalue weighted by molar-refractivity contribution is 9.08. The maximum Gasteiger partial charge on any atom is 0.315 e. The van der Waals surface area contributed by atoms with Crippen molar-refractivity contribution in [2.45, 2.75) is 17.9 Å². The van der Waals surface area contributed by atoms with Crippen molar-refractivity contribution in [2.75, 3.05) is 0 Å². The van der Waals surface area contributed by atoms with E-state index >= 15 is 0 Å². The van der Waals surface area contributed by atoms with Gasteiger partial charge in [-0.25, -0.2) is 0 Å². The van der Waals surface area contributed by atoms with Gasteiger partial charge in [0.15, 0.2) is 5.60 Å². The molecule has 1 N–H and O–H groups in total. The summed E-state index contributed by atoms with van der Waals surface area (Å²) in [6, 6.07) is 7.33. The van der Waals surface area contributed by atoms with Gasteiger partial charge in [-0.1, -0.05) is 58.4 Å². The largest absolute Gasteiger partial charge is 0.481 e. The van der Waals surface area contributed by atoms with Crippen LogP contribution in [0.25, 0.3) is 0 Å². The molecule has 0 aromatic heterocycles. The number of alkyl halides is 1. The van der Waals surface area contributed by atoms with E-state index in [0.29, 0.717) is 10.9 Å². The van der Waals surface area contributed by atoms with E-state index in [4.69, 9.17) is 4.74 Å². The summed E-state index contributed by atoms with van der Waals surface area (Å²) in [7, 11) is 0. The average molecular weight is 351 g/mol. The van der Waals surface area contributed by atoms with Gasteiger partial charge in [0.1, 0.15) is 5.92 Å². The van der Waals surface area contributed by atoms with Crippen molar-refractivity contribution in [1.82, 2.24) is 0 Å². The number of carboxylic acids is 1. The third-order valence-corrected chi connectivity index (χ3v) is 3.99. The van der Waals surface area contributed by atoms with Crippen LogP contribution in [0, 0.1) is 5.92 Å². The molecule has 21 heavy (non-hydrogen) atoms. The normalized spacial score (nSPS) is 23.8. The number of carboxylic acid groups (broad SMARTS) is 1. The Labute approximate surface area is 131 Å². The highest BCUT2D eigenvalue weighted by atomic mass is 79.9. The van der Waals surface area contributed by atoms with Crippen LogP contribution in [0.2, 0.25) is 0 Å². The highest BCUT2D eigenvalue weighted by Gasteiger charge is 2.46. The Morgan fingerprint density at radius 3 is 2.67 bits per heavy atom. The van der Waals surface area contributed by atoms with Gasteiger partial charge in [-0.3, -0.25) is 9.59 Å². The number of rotatable bonds is 4. The number of allylic oxidation sites excluding steroid dienone is 2. The molecule has 0 amide bonds. The molecule has 2 rings (SSSR count). The van der Waals surface area contributed by atoms with Crippen LogP contribution in [0.5, 0.6) is 0 Å². The number of carbonyl (C=O) groups is 2. The fourth-order valence-electron chi connectivity index (χ4n) is 2.55. The molecular weight excluding hydrogens is 336 g/mol. The monoisotopic (exact) mass is 350 g/mol. The zero-order valence-corrected chi connectivity index (χ0v) is 13.0. The first-order valence-electron chi connectivity index (χ1n) is 6.44. The molecule has 110 valence electrons. The lowest BCUT2D eigenvalue weighted by Gasteiger charge is -2.37. The van der Waals surface area contributed by atoms with Crippen LogP contribution in [0.1, 0.15) is 18.1 Å². The topological polar surface area (TPSA) is 63.6 Å². The van der Waals surface area contributed by atoms with Gasteiger partial charge >= 0.3 is 11.9 Å². The van der Waals surface area contributed by atoms with E-state index in [9.17, 15) is 14.7 Å². The summed E-state index contributed by atoms with van der Waals surface area (Å²) in [6.07, 6.45) is 6.52. The number of ether oxygens (including phenoxy) is 1.